The zero-order valence-electron chi connectivity index (χ0n) is 13.9. The van der Waals surface area contributed by atoms with Gasteiger partial charge in [0.25, 0.3) is 0 Å². The number of hydrogen-bond donors (Lipinski definition) is 2. The molecule has 0 radical (unpaired) electrons. The van der Waals surface area contributed by atoms with Crippen LogP contribution in [0.3, 0.4) is 0 Å². The summed E-state index contributed by atoms with van der Waals surface area (Å²) >= 11 is 0. The number of para-hydroxylation sites is 2. The molecule has 9 heteroatoms. The molecule has 140 valence electrons. The van der Waals surface area contributed by atoms with Crippen molar-refractivity contribution in [3.05, 3.63) is 67.0 Å². The molecule has 2 aromatic carbocycles. The molecule has 0 bridgehead atoms. The summed E-state index contributed by atoms with van der Waals surface area (Å²) in [6.07, 6.45) is -1.32. The van der Waals surface area contributed by atoms with Gasteiger partial charge in [0.15, 0.2) is 0 Å². The largest absolute Gasteiger partial charge is 0.573 e. The van der Waals surface area contributed by atoms with Crippen LogP contribution in [0.15, 0.2) is 67.0 Å². The minimum atomic E-state index is -4.75. The highest BCUT2D eigenvalue weighted by molar-refractivity contribution is 5.94. The number of halogens is 3. The summed E-state index contributed by atoms with van der Waals surface area (Å²) in [6.45, 7) is -0.0287. The van der Waals surface area contributed by atoms with Gasteiger partial charge in [-0.05, 0) is 42.5 Å². The van der Waals surface area contributed by atoms with E-state index in [1.54, 1.807) is 23.1 Å². The van der Waals surface area contributed by atoms with Gasteiger partial charge in [-0.3, -0.25) is 4.79 Å². The molecule has 0 spiro atoms. The van der Waals surface area contributed by atoms with Crippen molar-refractivity contribution >= 4 is 17.3 Å². The molecule has 3 aromatic rings. The number of anilines is 2. The van der Waals surface area contributed by atoms with Crippen molar-refractivity contribution in [2.45, 2.75) is 6.36 Å². The highest BCUT2D eigenvalue weighted by Gasteiger charge is 2.30. The predicted octanol–water partition coefficient (Wildman–Crippen LogP) is 3.82. The SMILES string of the molecule is O=C(CNc1ccccc1-n1cccn1)Nc1ccc(OC(F)(F)F)cc1. The minimum Gasteiger partial charge on any atom is -0.406 e. The van der Waals surface area contributed by atoms with Gasteiger partial charge in [0, 0.05) is 18.1 Å². The lowest BCUT2D eigenvalue weighted by molar-refractivity contribution is -0.274. The summed E-state index contributed by atoms with van der Waals surface area (Å²) in [6, 6.07) is 14.1. The van der Waals surface area contributed by atoms with Gasteiger partial charge in [0.1, 0.15) is 5.75 Å². The fourth-order valence-electron chi connectivity index (χ4n) is 2.35. The highest BCUT2D eigenvalue weighted by atomic mass is 19.4. The molecule has 1 aromatic heterocycles. The number of carbonyl (C=O) groups excluding carboxylic acids is 1. The van der Waals surface area contributed by atoms with Crippen molar-refractivity contribution in [3.63, 3.8) is 0 Å². The van der Waals surface area contributed by atoms with Crippen LogP contribution in [0.5, 0.6) is 5.75 Å². The van der Waals surface area contributed by atoms with E-state index in [9.17, 15) is 18.0 Å². The molecule has 0 saturated heterocycles. The highest BCUT2D eigenvalue weighted by Crippen LogP contribution is 2.24. The second-order valence-electron chi connectivity index (χ2n) is 5.44. The van der Waals surface area contributed by atoms with Crippen LogP contribution in [0.1, 0.15) is 0 Å². The molecule has 0 atom stereocenters. The fraction of sp³-hybridized carbons (Fsp3) is 0.111. The van der Waals surface area contributed by atoms with Gasteiger partial charge in [0.2, 0.25) is 5.91 Å². The van der Waals surface area contributed by atoms with Gasteiger partial charge in [-0.1, -0.05) is 12.1 Å². The lowest BCUT2D eigenvalue weighted by Gasteiger charge is -2.12. The molecule has 1 heterocycles. The molecule has 3 rings (SSSR count). The van der Waals surface area contributed by atoms with E-state index < -0.39 is 6.36 Å². The molecule has 0 fully saturated rings. The summed E-state index contributed by atoms with van der Waals surface area (Å²) in [5.41, 5.74) is 1.85. The zero-order chi connectivity index (χ0) is 19.3. The third-order valence-electron chi connectivity index (χ3n) is 3.47. The van der Waals surface area contributed by atoms with Crippen LogP contribution in [0.25, 0.3) is 5.69 Å². The van der Waals surface area contributed by atoms with Crippen molar-refractivity contribution in [3.8, 4) is 11.4 Å². The normalized spacial score (nSPS) is 11.1. The maximum atomic E-state index is 12.1. The van der Waals surface area contributed by atoms with E-state index in [-0.39, 0.29) is 18.2 Å². The topological polar surface area (TPSA) is 68.2 Å². The Balaban J connectivity index is 1.58. The van der Waals surface area contributed by atoms with E-state index in [2.05, 4.69) is 20.5 Å². The first-order valence-electron chi connectivity index (χ1n) is 7.89. The van der Waals surface area contributed by atoms with E-state index in [0.29, 0.717) is 11.4 Å². The average Bonchev–Trinajstić information content (AvgIpc) is 3.15. The lowest BCUT2D eigenvalue weighted by Crippen LogP contribution is -2.22. The van der Waals surface area contributed by atoms with E-state index >= 15 is 0 Å². The summed E-state index contributed by atoms with van der Waals surface area (Å²) in [4.78, 5) is 12.1. The Hall–Kier alpha value is -3.49. The molecule has 1 amide bonds. The van der Waals surface area contributed by atoms with Crippen LogP contribution >= 0.6 is 0 Å². The van der Waals surface area contributed by atoms with Crippen molar-refractivity contribution in [2.75, 3.05) is 17.2 Å². The summed E-state index contributed by atoms with van der Waals surface area (Å²) in [5.74, 6) is -0.707. The summed E-state index contributed by atoms with van der Waals surface area (Å²) in [5, 5.41) is 9.77. The van der Waals surface area contributed by atoms with Crippen LogP contribution < -0.4 is 15.4 Å². The zero-order valence-corrected chi connectivity index (χ0v) is 13.9. The van der Waals surface area contributed by atoms with E-state index in [4.69, 9.17) is 0 Å². The maximum Gasteiger partial charge on any atom is 0.573 e. The third-order valence-corrected chi connectivity index (χ3v) is 3.47. The molecular weight excluding hydrogens is 361 g/mol. The number of nitrogens with zero attached hydrogens (tertiary/aromatic N) is 2. The molecule has 2 N–H and O–H groups in total. The predicted molar refractivity (Wildman–Crippen MR) is 93.8 cm³/mol. The van der Waals surface area contributed by atoms with Crippen LogP contribution in [0.2, 0.25) is 0 Å². The van der Waals surface area contributed by atoms with Crippen molar-refractivity contribution in [2.24, 2.45) is 0 Å². The second kappa shape index (κ2) is 7.81. The lowest BCUT2D eigenvalue weighted by atomic mass is 10.2. The molecule has 0 unspecified atom stereocenters. The van der Waals surface area contributed by atoms with Crippen molar-refractivity contribution < 1.29 is 22.7 Å². The molecular formula is C18H15F3N4O2. The number of hydrogen-bond acceptors (Lipinski definition) is 4. The second-order valence-corrected chi connectivity index (χ2v) is 5.44. The van der Waals surface area contributed by atoms with Crippen molar-refractivity contribution in [1.82, 2.24) is 9.78 Å². The number of alkyl halides is 3. The van der Waals surface area contributed by atoms with Crippen LogP contribution in [-0.2, 0) is 4.79 Å². The Bertz CT molecular complexity index is 894. The molecule has 0 aliphatic rings. The first-order chi connectivity index (χ1) is 12.9. The number of benzene rings is 2. The number of aromatic nitrogens is 2. The Morgan fingerprint density at radius 3 is 2.48 bits per heavy atom. The Labute approximate surface area is 152 Å². The first-order valence-corrected chi connectivity index (χ1v) is 7.89. The van der Waals surface area contributed by atoms with Gasteiger partial charge < -0.3 is 15.4 Å². The average molecular weight is 376 g/mol. The number of ether oxygens (including phenoxy) is 1. The van der Waals surface area contributed by atoms with Gasteiger partial charge in [-0.2, -0.15) is 5.10 Å². The number of carbonyl (C=O) groups is 1. The Kier molecular flexibility index (Phi) is 5.30. The van der Waals surface area contributed by atoms with E-state index in [0.717, 1.165) is 17.8 Å². The number of amides is 1. The van der Waals surface area contributed by atoms with Crippen LogP contribution in [0.4, 0.5) is 24.5 Å². The first kappa shape index (κ1) is 18.3. The van der Waals surface area contributed by atoms with Crippen LogP contribution in [0, 0.1) is 0 Å². The summed E-state index contributed by atoms with van der Waals surface area (Å²) in [7, 11) is 0. The Morgan fingerprint density at radius 1 is 1.07 bits per heavy atom. The van der Waals surface area contributed by atoms with Crippen molar-refractivity contribution in [1.29, 1.82) is 0 Å². The molecule has 6 nitrogen and oxygen atoms in total. The van der Waals surface area contributed by atoms with E-state index in [1.165, 1.54) is 12.1 Å². The summed E-state index contributed by atoms with van der Waals surface area (Å²) < 4.78 is 41.9. The maximum absolute atomic E-state index is 12.1. The number of nitrogens with one attached hydrogen (secondary N) is 2. The Morgan fingerprint density at radius 2 is 1.81 bits per heavy atom. The minimum absolute atomic E-state index is 0.0287. The van der Waals surface area contributed by atoms with Crippen LogP contribution in [-0.4, -0.2) is 28.6 Å². The van der Waals surface area contributed by atoms with Gasteiger partial charge >= 0.3 is 6.36 Å². The standard InChI is InChI=1S/C18H15F3N4O2/c19-18(20,21)27-14-8-6-13(7-9-14)24-17(26)12-22-15-4-1-2-5-16(15)25-11-3-10-23-25/h1-11,22H,12H2,(H,24,26). The quantitative estimate of drug-likeness (QED) is 0.686. The number of rotatable bonds is 6. The smallest absolute Gasteiger partial charge is 0.406 e. The fourth-order valence-corrected chi connectivity index (χ4v) is 2.35. The molecule has 0 aliphatic carbocycles. The van der Waals surface area contributed by atoms with Gasteiger partial charge in [0.05, 0.1) is 17.9 Å². The third kappa shape index (κ3) is 5.24. The monoisotopic (exact) mass is 376 g/mol. The van der Waals surface area contributed by atoms with E-state index in [1.807, 2.05) is 24.3 Å². The molecule has 0 aliphatic heterocycles. The molecule has 0 saturated carbocycles. The van der Waals surface area contributed by atoms with Gasteiger partial charge in [-0.15, -0.1) is 13.2 Å². The van der Waals surface area contributed by atoms with Gasteiger partial charge in [-0.25, -0.2) is 4.68 Å². The molecule has 27 heavy (non-hydrogen) atoms.